The lowest BCUT2D eigenvalue weighted by molar-refractivity contribution is 0.322. The fourth-order valence-corrected chi connectivity index (χ4v) is 2.38. The molecule has 0 amide bonds. The second-order valence-electron chi connectivity index (χ2n) is 6.34. The minimum Gasteiger partial charge on any atom is -0.491 e. The Hall–Kier alpha value is -1.22. The van der Waals surface area contributed by atoms with Gasteiger partial charge in [-0.2, -0.15) is 0 Å². The van der Waals surface area contributed by atoms with Gasteiger partial charge in [0.15, 0.2) is 0 Å². The number of nitrogens with zero attached hydrogens (tertiary/aromatic N) is 1. The van der Waals surface area contributed by atoms with E-state index >= 15 is 0 Å². The van der Waals surface area contributed by atoms with Gasteiger partial charge >= 0.3 is 0 Å². The van der Waals surface area contributed by atoms with Crippen molar-refractivity contribution in [2.24, 2.45) is 0 Å². The molecule has 1 aliphatic heterocycles. The molecule has 0 aromatic heterocycles. The summed E-state index contributed by atoms with van der Waals surface area (Å²) in [5, 5.41) is 3.59. The first-order valence-electron chi connectivity index (χ1n) is 7.21. The smallest absolute Gasteiger partial charge is 0.142 e. The van der Waals surface area contributed by atoms with E-state index in [9.17, 15) is 0 Å². The van der Waals surface area contributed by atoms with E-state index in [-0.39, 0.29) is 5.54 Å². The summed E-state index contributed by atoms with van der Waals surface area (Å²) < 4.78 is 5.81. The lowest BCUT2D eigenvalue weighted by Gasteiger charge is -2.33. The highest BCUT2D eigenvalue weighted by Gasteiger charge is 2.21. The van der Waals surface area contributed by atoms with Crippen LogP contribution in [0.2, 0.25) is 0 Å². The summed E-state index contributed by atoms with van der Waals surface area (Å²) in [6.45, 7) is 11.8. The van der Waals surface area contributed by atoms with Crippen LogP contribution in [-0.2, 0) is 0 Å². The zero-order chi connectivity index (χ0) is 13.9. The Labute approximate surface area is 116 Å². The van der Waals surface area contributed by atoms with E-state index in [1.807, 2.05) is 6.07 Å². The molecule has 1 unspecified atom stereocenters. The lowest BCUT2D eigenvalue weighted by Crippen LogP contribution is -2.46. The third-order valence-corrected chi connectivity index (χ3v) is 3.44. The molecular weight excluding hydrogens is 236 g/mol. The molecule has 0 radical (unpaired) electrons. The maximum Gasteiger partial charge on any atom is 0.142 e. The first-order valence-corrected chi connectivity index (χ1v) is 7.21. The average molecular weight is 262 g/mol. The topological polar surface area (TPSA) is 24.5 Å². The maximum atomic E-state index is 5.81. The molecule has 0 spiro atoms. The fourth-order valence-electron chi connectivity index (χ4n) is 2.38. The third-order valence-electron chi connectivity index (χ3n) is 3.44. The number of hydrogen-bond donors (Lipinski definition) is 1. The van der Waals surface area contributed by atoms with Crippen molar-refractivity contribution < 1.29 is 4.74 Å². The molecular formula is C16H26N2O. The first kappa shape index (κ1) is 14.2. The van der Waals surface area contributed by atoms with Crippen LogP contribution in [0.15, 0.2) is 24.3 Å². The molecule has 0 aliphatic carbocycles. The standard InChI is InChI=1S/C16H26N2O/c1-13(12-17-16(2,3)4)18-10-7-11-19-15-9-6-5-8-14(15)18/h5-6,8-9,13,17H,7,10-12H2,1-4H3. The van der Waals surface area contributed by atoms with Gasteiger partial charge in [-0.3, -0.25) is 0 Å². The highest BCUT2D eigenvalue weighted by atomic mass is 16.5. The van der Waals surface area contributed by atoms with Gasteiger partial charge in [0, 0.05) is 24.7 Å². The molecule has 1 heterocycles. The Kier molecular flexibility index (Phi) is 4.35. The summed E-state index contributed by atoms with van der Waals surface area (Å²) in [6, 6.07) is 8.82. The number of ether oxygens (including phenoxy) is 1. The van der Waals surface area contributed by atoms with Crippen molar-refractivity contribution in [2.45, 2.75) is 45.7 Å². The number of benzene rings is 1. The van der Waals surface area contributed by atoms with Gasteiger partial charge in [0.25, 0.3) is 0 Å². The molecule has 3 heteroatoms. The molecule has 0 saturated heterocycles. The summed E-state index contributed by atoms with van der Waals surface area (Å²) in [4.78, 5) is 2.46. The van der Waals surface area contributed by atoms with E-state index in [4.69, 9.17) is 4.74 Å². The summed E-state index contributed by atoms with van der Waals surface area (Å²) in [5.74, 6) is 1.02. The molecule has 0 saturated carbocycles. The van der Waals surface area contributed by atoms with Crippen LogP contribution in [0.5, 0.6) is 5.75 Å². The van der Waals surface area contributed by atoms with Gasteiger partial charge in [-0.1, -0.05) is 12.1 Å². The second kappa shape index (κ2) is 5.83. The molecule has 106 valence electrons. The number of fused-ring (bicyclic) bond motifs is 1. The van der Waals surface area contributed by atoms with Crippen LogP contribution in [0.25, 0.3) is 0 Å². The van der Waals surface area contributed by atoms with Crippen molar-refractivity contribution in [3.8, 4) is 5.75 Å². The van der Waals surface area contributed by atoms with Gasteiger partial charge in [-0.15, -0.1) is 0 Å². The van der Waals surface area contributed by atoms with Gasteiger partial charge in [-0.25, -0.2) is 0 Å². The zero-order valence-corrected chi connectivity index (χ0v) is 12.6. The first-order chi connectivity index (χ1) is 8.97. The molecule has 0 fully saturated rings. The molecule has 1 aromatic carbocycles. The molecule has 3 nitrogen and oxygen atoms in total. The quantitative estimate of drug-likeness (QED) is 0.906. The summed E-state index contributed by atoms with van der Waals surface area (Å²) >= 11 is 0. The minimum atomic E-state index is 0.163. The van der Waals surface area contributed by atoms with Crippen molar-refractivity contribution in [1.29, 1.82) is 0 Å². The molecule has 1 atom stereocenters. The molecule has 1 N–H and O–H groups in total. The Morgan fingerprint density at radius 1 is 1.32 bits per heavy atom. The third kappa shape index (κ3) is 3.87. The Morgan fingerprint density at radius 2 is 2.05 bits per heavy atom. The van der Waals surface area contributed by atoms with E-state index in [1.54, 1.807) is 0 Å². The van der Waals surface area contributed by atoms with Crippen molar-refractivity contribution in [3.63, 3.8) is 0 Å². The number of hydrogen-bond acceptors (Lipinski definition) is 3. The Morgan fingerprint density at radius 3 is 2.79 bits per heavy atom. The second-order valence-corrected chi connectivity index (χ2v) is 6.34. The SMILES string of the molecule is CC(CNC(C)(C)C)N1CCCOc2ccccc21. The highest BCUT2D eigenvalue weighted by Crippen LogP contribution is 2.31. The van der Waals surface area contributed by atoms with E-state index in [0.717, 1.165) is 31.9 Å². The minimum absolute atomic E-state index is 0.163. The van der Waals surface area contributed by atoms with E-state index in [2.05, 4.69) is 56.1 Å². The Bertz CT molecular complexity index is 411. The van der Waals surface area contributed by atoms with Gasteiger partial charge in [0.2, 0.25) is 0 Å². The predicted molar refractivity (Wildman–Crippen MR) is 81.1 cm³/mol. The normalized spacial score (nSPS) is 17.4. The van der Waals surface area contributed by atoms with Gasteiger partial charge in [0.05, 0.1) is 12.3 Å². The van der Waals surface area contributed by atoms with Crippen LogP contribution in [-0.4, -0.2) is 31.3 Å². The zero-order valence-electron chi connectivity index (χ0n) is 12.6. The molecule has 2 rings (SSSR count). The van der Waals surface area contributed by atoms with E-state index in [1.165, 1.54) is 5.69 Å². The van der Waals surface area contributed by atoms with E-state index < -0.39 is 0 Å². The highest BCUT2D eigenvalue weighted by molar-refractivity contribution is 5.59. The van der Waals surface area contributed by atoms with Crippen LogP contribution in [0, 0.1) is 0 Å². The summed E-state index contributed by atoms with van der Waals surface area (Å²) in [7, 11) is 0. The van der Waals surface area contributed by atoms with Crippen LogP contribution in [0.1, 0.15) is 34.1 Å². The maximum absolute atomic E-state index is 5.81. The van der Waals surface area contributed by atoms with Crippen LogP contribution in [0.4, 0.5) is 5.69 Å². The van der Waals surface area contributed by atoms with Gasteiger partial charge in [-0.05, 0) is 46.2 Å². The summed E-state index contributed by atoms with van der Waals surface area (Å²) in [6.07, 6.45) is 1.08. The van der Waals surface area contributed by atoms with Crippen molar-refractivity contribution in [1.82, 2.24) is 5.32 Å². The molecule has 1 aliphatic rings. The van der Waals surface area contributed by atoms with Gasteiger partial charge in [0.1, 0.15) is 5.75 Å². The number of nitrogens with one attached hydrogen (secondary N) is 1. The van der Waals surface area contributed by atoms with Crippen LogP contribution >= 0.6 is 0 Å². The largest absolute Gasteiger partial charge is 0.491 e. The molecule has 19 heavy (non-hydrogen) atoms. The van der Waals surface area contributed by atoms with Crippen LogP contribution in [0.3, 0.4) is 0 Å². The van der Waals surface area contributed by atoms with E-state index in [0.29, 0.717) is 6.04 Å². The lowest BCUT2D eigenvalue weighted by atomic mass is 10.1. The monoisotopic (exact) mass is 262 g/mol. The average Bonchev–Trinajstić information content (AvgIpc) is 2.57. The van der Waals surface area contributed by atoms with Gasteiger partial charge < -0.3 is 15.0 Å². The van der Waals surface area contributed by atoms with Crippen molar-refractivity contribution in [3.05, 3.63) is 24.3 Å². The summed E-state index contributed by atoms with van der Waals surface area (Å²) in [5.41, 5.74) is 1.39. The number of rotatable bonds is 3. The fraction of sp³-hybridized carbons (Fsp3) is 0.625. The van der Waals surface area contributed by atoms with Crippen LogP contribution < -0.4 is 15.0 Å². The van der Waals surface area contributed by atoms with Crippen molar-refractivity contribution >= 4 is 5.69 Å². The van der Waals surface area contributed by atoms with Crippen molar-refractivity contribution in [2.75, 3.05) is 24.6 Å². The molecule has 0 bridgehead atoms. The molecule has 1 aromatic rings. The number of para-hydroxylation sites is 2. The predicted octanol–water partition coefficient (Wildman–Crippen LogP) is 3.05. The number of anilines is 1. The Balaban J connectivity index is 2.10.